The lowest BCUT2D eigenvalue weighted by molar-refractivity contribution is -0.177. The van der Waals surface area contributed by atoms with Crippen molar-refractivity contribution in [3.63, 3.8) is 0 Å². The smallest absolute Gasteiger partial charge is 0.448 e. The first-order chi connectivity index (χ1) is 9.09. The minimum atomic E-state index is -1.64. The van der Waals surface area contributed by atoms with Crippen molar-refractivity contribution in [2.24, 2.45) is 11.8 Å². The van der Waals surface area contributed by atoms with E-state index in [2.05, 4.69) is 17.0 Å². The molecule has 0 aromatic heterocycles. The lowest BCUT2D eigenvalue weighted by atomic mass is 9.82. The maximum atomic E-state index is 12.0. The van der Waals surface area contributed by atoms with Gasteiger partial charge in [-0.15, -0.1) is 0 Å². The van der Waals surface area contributed by atoms with E-state index in [4.69, 9.17) is 5.11 Å². The highest BCUT2D eigenvalue weighted by atomic mass is 16.8. The summed E-state index contributed by atoms with van der Waals surface area (Å²) in [4.78, 5) is 38.4. The number of rotatable bonds is 2. The Kier molecular flexibility index (Phi) is 4.19. The SMILES string of the molecule is O=C(O)ON1C(=O)CC(C2CCC=CCCC2)C1=O. The molecule has 2 rings (SSSR count). The van der Waals surface area contributed by atoms with Crippen LogP contribution in [0, 0.1) is 11.8 Å². The first-order valence-corrected chi connectivity index (χ1v) is 6.52. The summed E-state index contributed by atoms with van der Waals surface area (Å²) in [5.74, 6) is -1.38. The van der Waals surface area contributed by atoms with Crippen LogP contribution in [0.3, 0.4) is 0 Å². The Morgan fingerprint density at radius 2 is 2.00 bits per heavy atom. The van der Waals surface area contributed by atoms with Crippen molar-refractivity contribution >= 4 is 18.0 Å². The summed E-state index contributed by atoms with van der Waals surface area (Å²) in [5, 5.41) is 8.92. The average Bonchev–Trinajstić information content (AvgIpc) is 2.56. The number of imide groups is 1. The van der Waals surface area contributed by atoms with E-state index in [1.165, 1.54) is 0 Å². The highest BCUT2D eigenvalue weighted by Gasteiger charge is 2.45. The van der Waals surface area contributed by atoms with E-state index in [1.807, 2.05) is 0 Å². The van der Waals surface area contributed by atoms with Gasteiger partial charge in [0.15, 0.2) is 0 Å². The number of carbonyl (C=O) groups excluding carboxylic acids is 2. The van der Waals surface area contributed by atoms with Crippen molar-refractivity contribution < 1.29 is 24.3 Å². The number of nitrogens with zero attached hydrogens (tertiary/aromatic N) is 1. The molecular weight excluding hydrogens is 250 g/mol. The zero-order chi connectivity index (χ0) is 13.8. The van der Waals surface area contributed by atoms with Crippen molar-refractivity contribution in [2.45, 2.75) is 38.5 Å². The van der Waals surface area contributed by atoms with Crippen molar-refractivity contribution in [3.05, 3.63) is 12.2 Å². The fourth-order valence-corrected chi connectivity index (χ4v) is 2.76. The van der Waals surface area contributed by atoms with Crippen LogP contribution in [0.25, 0.3) is 0 Å². The normalized spacial score (nSPS) is 28.1. The molecule has 1 fully saturated rings. The molecule has 1 aliphatic carbocycles. The summed E-state index contributed by atoms with van der Waals surface area (Å²) in [7, 11) is 0. The molecule has 2 unspecified atom stereocenters. The Balaban J connectivity index is 2.04. The molecule has 1 N–H and O–H groups in total. The Morgan fingerprint density at radius 3 is 2.74 bits per heavy atom. The van der Waals surface area contributed by atoms with Gasteiger partial charge in [-0.05, 0) is 38.0 Å². The predicted octanol–water partition coefficient (Wildman–Crippen LogP) is 2.11. The van der Waals surface area contributed by atoms with E-state index in [0.717, 1.165) is 32.1 Å². The van der Waals surface area contributed by atoms with Crippen LogP contribution in [0.15, 0.2) is 12.2 Å². The maximum Gasteiger partial charge on any atom is 0.531 e. The third-order valence-electron chi connectivity index (χ3n) is 3.69. The lowest BCUT2D eigenvalue weighted by Crippen LogP contribution is -2.34. The van der Waals surface area contributed by atoms with Crippen molar-refractivity contribution in [1.82, 2.24) is 5.06 Å². The fraction of sp³-hybridized carbons (Fsp3) is 0.615. The molecule has 0 bridgehead atoms. The number of amides is 2. The van der Waals surface area contributed by atoms with Crippen LogP contribution < -0.4 is 0 Å². The molecule has 0 aromatic carbocycles. The number of hydrogen-bond acceptors (Lipinski definition) is 4. The molecule has 19 heavy (non-hydrogen) atoms. The standard InChI is InChI=1S/C13H17NO5/c15-11-8-10(12(16)14(11)19-13(17)18)9-6-4-2-1-3-5-7-9/h1-2,9-10H,3-8H2,(H,17,18). The minimum absolute atomic E-state index is 0.0560. The van der Waals surface area contributed by atoms with Gasteiger partial charge in [0.1, 0.15) is 0 Å². The molecule has 6 heteroatoms. The van der Waals surface area contributed by atoms with Crippen LogP contribution in [0.4, 0.5) is 4.79 Å². The summed E-state index contributed by atoms with van der Waals surface area (Å²) in [6.07, 6.45) is 7.25. The zero-order valence-corrected chi connectivity index (χ0v) is 10.6. The minimum Gasteiger partial charge on any atom is -0.448 e. The van der Waals surface area contributed by atoms with Gasteiger partial charge in [0.2, 0.25) is 0 Å². The number of carbonyl (C=O) groups is 3. The van der Waals surface area contributed by atoms with Crippen molar-refractivity contribution in [2.75, 3.05) is 0 Å². The number of hydroxylamine groups is 2. The Morgan fingerprint density at radius 1 is 1.26 bits per heavy atom. The monoisotopic (exact) mass is 267 g/mol. The van der Waals surface area contributed by atoms with Crippen molar-refractivity contribution in [3.8, 4) is 0 Å². The summed E-state index contributed by atoms with van der Waals surface area (Å²) in [5.41, 5.74) is 0. The highest BCUT2D eigenvalue weighted by molar-refractivity contribution is 6.03. The third kappa shape index (κ3) is 3.13. The summed E-state index contributed by atoms with van der Waals surface area (Å²) < 4.78 is 0. The molecule has 1 aliphatic heterocycles. The van der Waals surface area contributed by atoms with Crippen LogP contribution in [-0.2, 0) is 14.4 Å². The molecule has 2 amide bonds. The Labute approximate surface area is 111 Å². The fourth-order valence-electron chi connectivity index (χ4n) is 2.76. The first-order valence-electron chi connectivity index (χ1n) is 6.52. The van der Waals surface area contributed by atoms with Crippen LogP contribution in [-0.4, -0.2) is 28.1 Å². The molecular formula is C13H17NO5. The van der Waals surface area contributed by atoms with Crippen LogP contribution in [0.2, 0.25) is 0 Å². The molecule has 2 atom stereocenters. The molecule has 2 aliphatic rings. The summed E-state index contributed by atoms with van der Waals surface area (Å²) in [6, 6.07) is 0. The molecule has 104 valence electrons. The zero-order valence-electron chi connectivity index (χ0n) is 10.6. The number of allylic oxidation sites excluding steroid dienone is 2. The van der Waals surface area contributed by atoms with Gasteiger partial charge in [0.25, 0.3) is 11.8 Å². The van der Waals surface area contributed by atoms with E-state index in [0.29, 0.717) is 5.06 Å². The summed E-state index contributed by atoms with van der Waals surface area (Å²) in [6.45, 7) is 0. The molecule has 1 heterocycles. The van der Waals surface area contributed by atoms with Gasteiger partial charge in [-0.2, -0.15) is 0 Å². The molecule has 1 saturated heterocycles. The molecule has 0 aromatic rings. The van der Waals surface area contributed by atoms with E-state index in [1.54, 1.807) is 0 Å². The largest absolute Gasteiger partial charge is 0.531 e. The van der Waals surface area contributed by atoms with Crippen LogP contribution in [0.1, 0.15) is 38.5 Å². The highest BCUT2D eigenvalue weighted by Crippen LogP contribution is 2.34. The van der Waals surface area contributed by atoms with Gasteiger partial charge in [-0.25, -0.2) is 4.79 Å². The second-order valence-electron chi connectivity index (χ2n) is 4.93. The van der Waals surface area contributed by atoms with Crippen molar-refractivity contribution in [1.29, 1.82) is 0 Å². The third-order valence-corrected chi connectivity index (χ3v) is 3.69. The van der Waals surface area contributed by atoms with Gasteiger partial charge in [-0.3, -0.25) is 14.4 Å². The first kappa shape index (κ1) is 13.6. The average molecular weight is 267 g/mol. The van der Waals surface area contributed by atoms with Gasteiger partial charge in [0, 0.05) is 6.42 Å². The summed E-state index contributed by atoms with van der Waals surface area (Å²) >= 11 is 0. The maximum absolute atomic E-state index is 12.0. The molecule has 0 spiro atoms. The Bertz CT molecular complexity index is 417. The molecule has 6 nitrogen and oxygen atoms in total. The van der Waals surface area contributed by atoms with E-state index >= 15 is 0 Å². The number of carboxylic acid groups (broad SMARTS) is 1. The van der Waals surface area contributed by atoms with Crippen LogP contribution in [0.5, 0.6) is 0 Å². The molecule has 0 radical (unpaired) electrons. The van der Waals surface area contributed by atoms with Crippen LogP contribution >= 0.6 is 0 Å². The Hall–Kier alpha value is -1.85. The number of hydrogen-bond donors (Lipinski definition) is 1. The van der Waals surface area contributed by atoms with E-state index < -0.39 is 23.9 Å². The van der Waals surface area contributed by atoms with E-state index in [-0.39, 0.29) is 12.3 Å². The predicted molar refractivity (Wildman–Crippen MR) is 64.8 cm³/mol. The topological polar surface area (TPSA) is 83.9 Å². The second kappa shape index (κ2) is 5.86. The quantitative estimate of drug-likeness (QED) is 0.612. The van der Waals surface area contributed by atoms with E-state index in [9.17, 15) is 14.4 Å². The van der Waals surface area contributed by atoms with Gasteiger partial charge < -0.3 is 5.11 Å². The molecule has 0 saturated carbocycles. The lowest BCUT2D eigenvalue weighted by Gasteiger charge is -2.22. The second-order valence-corrected chi connectivity index (χ2v) is 4.93. The van der Waals surface area contributed by atoms with Gasteiger partial charge in [0.05, 0.1) is 5.92 Å². The van der Waals surface area contributed by atoms with Gasteiger partial charge in [-0.1, -0.05) is 17.2 Å². The van der Waals surface area contributed by atoms with Gasteiger partial charge >= 0.3 is 6.16 Å².